The third kappa shape index (κ3) is 1.85. The SMILES string of the molecule is O=[N+]([O-])c1cc(F)ccc1NC1CC[C@H]2C[C@@H]12. The number of nitrogens with zero attached hydrogens (tertiary/aromatic N) is 1. The summed E-state index contributed by atoms with van der Waals surface area (Å²) in [5, 5.41) is 14.0. The Balaban J connectivity index is 1.84. The number of benzene rings is 1. The first-order chi connectivity index (χ1) is 8.15. The van der Waals surface area contributed by atoms with Crippen molar-refractivity contribution < 1.29 is 9.31 Å². The zero-order chi connectivity index (χ0) is 12.0. The average molecular weight is 236 g/mol. The van der Waals surface area contributed by atoms with Crippen molar-refractivity contribution in [3.63, 3.8) is 0 Å². The Kier molecular flexibility index (Phi) is 2.28. The zero-order valence-corrected chi connectivity index (χ0v) is 9.23. The molecule has 17 heavy (non-hydrogen) atoms. The Morgan fingerprint density at radius 3 is 2.82 bits per heavy atom. The van der Waals surface area contributed by atoms with Gasteiger partial charge >= 0.3 is 0 Å². The lowest BCUT2D eigenvalue weighted by Gasteiger charge is -2.15. The molecule has 0 spiro atoms. The highest BCUT2D eigenvalue weighted by molar-refractivity contribution is 5.62. The van der Waals surface area contributed by atoms with Gasteiger partial charge in [-0.1, -0.05) is 0 Å². The Morgan fingerprint density at radius 2 is 2.24 bits per heavy atom. The Labute approximate surface area is 98.0 Å². The predicted octanol–water partition coefficient (Wildman–Crippen LogP) is 2.94. The van der Waals surface area contributed by atoms with Crippen LogP contribution < -0.4 is 5.32 Å². The van der Waals surface area contributed by atoms with Crippen LogP contribution in [-0.2, 0) is 0 Å². The van der Waals surface area contributed by atoms with E-state index < -0.39 is 10.7 Å². The number of fused-ring (bicyclic) bond motifs is 1. The van der Waals surface area contributed by atoms with E-state index in [-0.39, 0.29) is 5.69 Å². The fourth-order valence-corrected chi connectivity index (χ4v) is 2.86. The van der Waals surface area contributed by atoms with Crippen LogP contribution in [0.1, 0.15) is 19.3 Å². The first-order valence-corrected chi connectivity index (χ1v) is 5.85. The molecule has 2 aliphatic carbocycles. The van der Waals surface area contributed by atoms with Crippen molar-refractivity contribution in [1.29, 1.82) is 0 Å². The molecule has 1 N–H and O–H groups in total. The molecule has 0 aliphatic heterocycles. The van der Waals surface area contributed by atoms with E-state index in [9.17, 15) is 14.5 Å². The molecule has 2 aliphatic rings. The van der Waals surface area contributed by atoms with Gasteiger partial charge in [0, 0.05) is 6.04 Å². The van der Waals surface area contributed by atoms with Gasteiger partial charge in [0.05, 0.1) is 11.0 Å². The molecular formula is C12H13FN2O2. The molecular weight excluding hydrogens is 223 g/mol. The molecule has 0 saturated heterocycles. The largest absolute Gasteiger partial charge is 0.376 e. The molecule has 0 aromatic heterocycles. The summed E-state index contributed by atoms with van der Waals surface area (Å²) in [4.78, 5) is 10.3. The highest BCUT2D eigenvalue weighted by Gasteiger charge is 2.48. The van der Waals surface area contributed by atoms with Gasteiger partial charge in [0.15, 0.2) is 0 Å². The van der Waals surface area contributed by atoms with Crippen LogP contribution >= 0.6 is 0 Å². The van der Waals surface area contributed by atoms with Gasteiger partial charge in [-0.2, -0.15) is 0 Å². The van der Waals surface area contributed by atoms with Crippen molar-refractivity contribution >= 4 is 11.4 Å². The highest BCUT2D eigenvalue weighted by Crippen LogP contribution is 2.52. The first kappa shape index (κ1) is 10.5. The van der Waals surface area contributed by atoms with E-state index in [2.05, 4.69) is 5.32 Å². The number of anilines is 1. The molecule has 2 saturated carbocycles. The van der Waals surface area contributed by atoms with Gasteiger partial charge in [-0.15, -0.1) is 0 Å². The lowest BCUT2D eigenvalue weighted by atomic mass is 10.1. The molecule has 0 bridgehead atoms. The Hall–Kier alpha value is -1.65. The van der Waals surface area contributed by atoms with Crippen LogP contribution in [0, 0.1) is 27.8 Å². The minimum Gasteiger partial charge on any atom is -0.376 e. The molecule has 1 aromatic carbocycles. The fraction of sp³-hybridized carbons (Fsp3) is 0.500. The van der Waals surface area contributed by atoms with Gasteiger partial charge in [0.1, 0.15) is 11.5 Å². The van der Waals surface area contributed by atoms with E-state index in [1.807, 2.05) is 0 Å². The van der Waals surface area contributed by atoms with Crippen LogP contribution in [0.3, 0.4) is 0 Å². The minimum absolute atomic E-state index is 0.172. The molecule has 0 amide bonds. The van der Waals surface area contributed by atoms with Crippen LogP contribution in [0.15, 0.2) is 18.2 Å². The summed E-state index contributed by atoms with van der Waals surface area (Å²) in [7, 11) is 0. The molecule has 2 fully saturated rings. The summed E-state index contributed by atoms with van der Waals surface area (Å²) >= 11 is 0. The summed E-state index contributed by atoms with van der Waals surface area (Å²) < 4.78 is 13.0. The maximum Gasteiger partial charge on any atom is 0.295 e. The van der Waals surface area contributed by atoms with Crippen molar-refractivity contribution in [1.82, 2.24) is 0 Å². The van der Waals surface area contributed by atoms with Gasteiger partial charge in [0.2, 0.25) is 0 Å². The second-order valence-corrected chi connectivity index (χ2v) is 4.91. The van der Waals surface area contributed by atoms with E-state index in [1.165, 1.54) is 25.0 Å². The maximum absolute atomic E-state index is 13.0. The van der Waals surface area contributed by atoms with Crippen LogP contribution in [-0.4, -0.2) is 11.0 Å². The number of rotatable bonds is 3. The summed E-state index contributed by atoms with van der Waals surface area (Å²) in [5.74, 6) is 0.907. The molecule has 5 heteroatoms. The van der Waals surface area contributed by atoms with Crippen LogP contribution in [0.25, 0.3) is 0 Å². The van der Waals surface area contributed by atoms with E-state index in [0.29, 0.717) is 17.6 Å². The van der Waals surface area contributed by atoms with Crippen LogP contribution in [0.2, 0.25) is 0 Å². The summed E-state index contributed by atoms with van der Waals surface area (Å²) in [6, 6.07) is 4.02. The third-order valence-electron chi connectivity index (χ3n) is 3.84. The van der Waals surface area contributed by atoms with Crippen molar-refractivity contribution in [2.24, 2.45) is 11.8 Å². The summed E-state index contributed by atoms with van der Waals surface area (Å²) in [5.41, 5.74) is 0.267. The van der Waals surface area contributed by atoms with Gasteiger partial charge in [-0.3, -0.25) is 10.1 Å². The van der Waals surface area contributed by atoms with Gasteiger partial charge < -0.3 is 5.32 Å². The first-order valence-electron chi connectivity index (χ1n) is 5.85. The standard InChI is InChI=1S/C12H13FN2O2/c13-8-2-4-11(12(6-8)15(16)17)14-10-3-1-7-5-9(7)10/h2,4,6-7,9-10,14H,1,3,5H2/t7-,9+,10?/m0/s1. The second kappa shape index (κ2) is 3.68. The van der Waals surface area contributed by atoms with E-state index >= 15 is 0 Å². The number of halogens is 1. The molecule has 0 radical (unpaired) electrons. The number of nitrogens with one attached hydrogen (secondary N) is 1. The molecule has 1 unspecified atom stereocenters. The van der Waals surface area contributed by atoms with Gasteiger partial charge in [-0.25, -0.2) is 4.39 Å². The molecule has 4 nitrogen and oxygen atoms in total. The fourth-order valence-electron chi connectivity index (χ4n) is 2.86. The number of hydrogen-bond donors (Lipinski definition) is 1. The molecule has 1 aromatic rings. The van der Waals surface area contributed by atoms with E-state index in [4.69, 9.17) is 0 Å². The Morgan fingerprint density at radius 1 is 1.41 bits per heavy atom. The number of hydrogen-bond acceptors (Lipinski definition) is 3. The van der Waals surface area contributed by atoms with E-state index in [1.54, 1.807) is 0 Å². The normalized spacial score (nSPS) is 29.8. The minimum atomic E-state index is -0.571. The molecule has 90 valence electrons. The monoisotopic (exact) mass is 236 g/mol. The molecule has 3 rings (SSSR count). The molecule has 0 heterocycles. The van der Waals surface area contributed by atoms with Crippen LogP contribution in [0.4, 0.5) is 15.8 Å². The van der Waals surface area contributed by atoms with Gasteiger partial charge in [0.25, 0.3) is 5.69 Å². The quantitative estimate of drug-likeness (QED) is 0.648. The zero-order valence-electron chi connectivity index (χ0n) is 9.23. The van der Waals surface area contributed by atoms with Crippen molar-refractivity contribution in [2.75, 3.05) is 5.32 Å². The van der Waals surface area contributed by atoms with Crippen molar-refractivity contribution in [2.45, 2.75) is 25.3 Å². The number of nitro benzene ring substituents is 1. The summed E-state index contributed by atoms with van der Waals surface area (Å²) in [6.07, 6.45) is 3.49. The van der Waals surface area contributed by atoms with Crippen molar-refractivity contribution in [3.8, 4) is 0 Å². The van der Waals surface area contributed by atoms with Crippen molar-refractivity contribution in [3.05, 3.63) is 34.1 Å². The lowest BCUT2D eigenvalue weighted by Crippen LogP contribution is -2.19. The Bertz CT molecular complexity index is 478. The highest BCUT2D eigenvalue weighted by atomic mass is 19.1. The third-order valence-corrected chi connectivity index (χ3v) is 3.84. The average Bonchev–Trinajstić information content (AvgIpc) is 2.97. The molecule has 3 atom stereocenters. The maximum atomic E-state index is 13.0. The lowest BCUT2D eigenvalue weighted by molar-refractivity contribution is -0.384. The van der Waals surface area contributed by atoms with Crippen LogP contribution in [0.5, 0.6) is 0 Å². The number of nitro groups is 1. The smallest absolute Gasteiger partial charge is 0.295 e. The van der Waals surface area contributed by atoms with E-state index in [0.717, 1.165) is 18.4 Å². The second-order valence-electron chi connectivity index (χ2n) is 4.91. The predicted molar refractivity (Wildman–Crippen MR) is 61.3 cm³/mol. The summed E-state index contributed by atoms with van der Waals surface area (Å²) in [6.45, 7) is 0. The topological polar surface area (TPSA) is 55.2 Å². The van der Waals surface area contributed by atoms with Gasteiger partial charge in [-0.05, 0) is 43.2 Å².